The van der Waals surface area contributed by atoms with E-state index in [0.29, 0.717) is 17.1 Å². The van der Waals surface area contributed by atoms with Crippen LogP contribution in [-0.4, -0.2) is 27.9 Å². The number of aliphatic hydroxyl groups is 1. The van der Waals surface area contributed by atoms with Crippen LogP contribution in [0, 0.1) is 0 Å². The molecule has 0 aliphatic carbocycles. The molecule has 1 aromatic carbocycles. The molecule has 0 saturated heterocycles. The SMILES string of the molecule is Oc1ccc2c(c1)OC[C@H](Oc1cccnc1)[C@@H]2O. The number of pyridine rings is 1. The number of phenols is 1. The fraction of sp³-hybridized carbons (Fsp3) is 0.214. The van der Waals surface area contributed by atoms with Gasteiger partial charge in [-0.1, -0.05) is 0 Å². The van der Waals surface area contributed by atoms with E-state index in [2.05, 4.69) is 4.98 Å². The van der Waals surface area contributed by atoms with E-state index >= 15 is 0 Å². The predicted molar refractivity (Wildman–Crippen MR) is 67.2 cm³/mol. The van der Waals surface area contributed by atoms with Crippen LogP contribution in [0.3, 0.4) is 0 Å². The third-order valence-electron chi connectivity index (χ3n) is 2.99. The Kier molecular flexibility index (Phi) is 2.97. The number of nitrogens with zero attached hydrogens (tertiary/aromatic N) is 1. The number of ether oxygens (including phenoxy) is 2. The van der Waals surface area contributed by atoms with Crippen LogP contribution in [0.25, 0.3) is 0 Å². The van der Waals surface area contributed by atoms with Gasteiger partial charge in [0.25, 0.3) is 0 Å². The Bertz CT molecular complexity index is 573. The molecule has 0 bridgehead atoms. The average Bonchev–Trinajstić information content (AvgIpc) is 2.43. The highest BCUT2D eigenvalue weighted by Crippen LogP contribution is 2.35. The molecular formula is C14H13NO4. The zero-order chi connectivity index (χ0) is 13.2. The molecule has 1 aliphatic heterocycles. The fourth-order valence-electron chi connectivity index (χ4n) is 2.05. The first-order valence-corrected chi connectivity index (χ1v) is 5.94. The maximum atomic E-state index is 10.3. The van der Waals surface area contributed by atoms with Crippen LogP contribution in [0.1, 0.15) is 11.7 Å². The smallest absolute Gasteiger partial charge is 0.163 e. The van der Waals surface area contributed by atoms with Gasteiger partial charge in [-0.2, -0.15) is 0 Å². The van der Waals surface area contributed by atoms with Crippen LogP contribution in [0.5, 0.6) is 17.2 Å². The van der Waals surface area contributed by atoms with Crippen molar-refractivity contribution in [3.05, 3.63) is 48.3 Å². The molecule has 2 aromatic rings. The minimum Gasteiger partial charge on any atom is -0.508 e. The summed E-state index contributed by atoms with van der Waals surface area (Å²) >= 11 is 0. The third kappa shape index (κ3) is 2.32. The van der Waals surface area contributed by atoms with Crippen molar-refractivity contribution in [2.24, 2.45) is 0 Å². The van der Waals surface area contributed by atoms with Gasteiger partial charge in [0.2, 0.25) is 0 Å². The molecule has 2 heterocycles. The Morgan fingerprint density at radius 2 is 2.21 bits per heavy atom. The van der Waals surface area contributed by atoms with Gasteiger partial charge in [-0.15, -0.1) is 0 Å². The molecule has 19 heavy (non-hydrogen) atoms. The number of benzene rings is 1. The lowest BCUT2D eigenvalue weighted by atomic mass is 10.0. The van der Waals surface area contributed by atoms with Crippen molar-refractivity contribution in [2.75, 3.05) is 6.61 Å². The molecule has 98 valence electrons. The minimum atomic E-state index is -0.801. The number of aromatic hydroxyl groups is 1. The topological polar surface area (TPSA) is 71.8 Å². The largest absolute Gasteiger partial charge is 0.508 e. The molecule has 5 heteroatoms. The molecule has 1 aliphatic rings. The highest BCUT2D eigenvalue weighted by atomic mass is 16.5. The van der Waals surface area contributed by atoms with Crippen molar-refractivity contribution >= 4 is 0 Å². The molecule has 1 aromatic heterocycles. The Labute approximate surface area is 110 Å². The summed E-state index contributed by atoms with van der Waals surface area (Å²) in [5.74, 6) is 1.17. The standard InChI is InChI=1S/C14H13NO4/c16-9-3-4-11-12(6-9)18-8-13(14(11)17)19-10-2-1-5-15-7-10/h1-7,13-14,16-17H,8H2/t13-,14+/m0/s1. The van der Waals surface area contributed by atoms with Gasteiger partial charge >= 0.3 is 0 Å². The van der Waals surface area contributed by atoms with Crippen molar-refractivity contribution < 1.29 is 19.7 Å². The molecular weight excluding hydrogens is 246 g/mol. The van der Waals surface area contributed by atoms with Gasteiger partial charge in [-0.3, -0.25) is 4.98 Å². The minimum absolute atomic E-state index is 0.109. The van der Waals surface area contributed by atoms with E-state index in [1.807, 2.05) is 0 Å². The van der Waals surface area contributed by atoms with Gasteiger partial charge in [0.05, 0.1) is 6.20 Å². The second-order valence-corrected chi connectivity index (χ2v) is 4.32. The van der Waals surface area contributed by atoms with Crippen LogP contribution < -0.4 is 9.47 Å². The lowest BCUT2D eigenvalue weighted by Gasteiger charge is -2.30. The fourth-order valence-corrected chi connectivity index (χ4v) is 2.05. The molecule has 0 unspecified atom stereocenters. The lowest BCUT2D eigenvalue weighted by molar-refractivity contribution is -0.0105. The Morgan fingerprint density at radius 1 is 1.32 bits per heavy atom. The molecule has 0 amide bonds. The van der Waals surface area contributed by atoms with Crippen LogP contribution in [0.15, 0.2) is 42.7 Å². The van der Waals surface area contributed by atoms with Crippen LogP contribution in [-0.2, 0) is 0 Å². The van der Waals surface area contributed by atoms with Crippen LogP contribution in [0.4, 0.5) is 0 Å². The molecule has 0 spiro atoms. The maximum absolute atomic E-state index is 10.3. The quantitative estimate of drug-likeness (QED) is 0.858. The van der Waals surface area contributed by atoms with Gasteiger partial charge in [0.15, 0.2) is 6.10 Å². The van der Waals surface area contributed by atoms with Crippen molar-refractivity contribution in [1.82, 2.24) is 4.98 Å². The van der Waals surface area contributed by atoms with E-state index < -0.39 is 12.2 Å². The van der Waals surface area contributed by atoms with Crippen molar-refractivity contribution in [3.63, 3.8) is 0 Å². The Hall–Kier alpha value is -2.27. The molecule has 2 atom stereocenters. The highest BCUT2D eigenvalue weighted by molar-refractivity contribution is 5.43. The summed E-state index contributed by atoms with van der Waals surface area (Å²) in [5, 5.41) is 19.6. The summed E-state index contributed by atoms with van der Waals surface area (Å²) in [5.41, 5.74) is 0.609. The van der Waals surface area contributed by atoms with Crippen LogP contribution in [0.2, 0.25) is 0 Å². The van der Waals surface area contributed by atoms with Gasteiger partial charge < -0.3 is 19.7 Å². The monoisotopic (exact) mass is 259 g/mol. The number of aromatic nitrogens is 1. The van der Waals surface area contributed by atoms with Gasteiger partial charge in [-0.05, 0) is 24.3 Å². The molecule has 3 rings (SSSR count). The maximum Gasteiger partial charge on any atom is 0.163 e. The molecule has 2 N–H and O–H groups in total. The number of rotatable bonds is 2. The first-order chi connectivity index (χ1) is 9.24. The first kappa shape index (κ1) is 11.8. The summed E-state index contributed by atoms with van der Waals surface area (Å²) in [6.45, 7) is 0.215. The van der Waals surface area contributed by atoms with Crippen molar-refractivity contribution in [3.8, 4) is 17.2 Å². The Balaban J connectivity index is 1.82. The number of hydrogen-bond donors (Lipinski definition) is 2. The van der Waals surface area contributed by atoms with Gasteiger partial charge in [0.1, 0.15) is 30.0 Å². The van der Waals surface area contributed by atoms with E-state index in [0.717, 1.165) is 0 Å². The number of aliphatic hydroxyl groups excluding tert-OH is 1. The number of hydrogen-bond acceptors (Lipinski definition) is 5. The summed E-state index contributed by atoms with van der Waals surface area (Å²) < 4.78 is 11.1. The molecule has 5 nitrogen and oxygen atoms in total. The van der Waals surface area contributed by atoms with E-state index in [-0.39, 0.29) is 12.4 Å². The Morgan fingerprint density at radius 3 is 3.00 bits per heavy atom. The molecule has 0 fully saturated rings. The summed E-state index contributed by atoms with van der Waals surface area (Å²) in [6, 6.07) is 8.16. The molecule has 0 saturated carbocycles. The second-order valence-electron chi connectivity index (χ2n) is 4.32. The zero-order valence-corrected chi connectivity index (χ0v) is 10.1. The van der Waals surface area contributed by atoms with E-state index in [1.165, 1.54) is 12.1 Å². The summed E-state index contributed by atoms with van der Waals surface area (Å²) in [4.78, 5) is 3.95. The van der Waals surface area contributed by atoms with Crippen molar-refractivity contribution in [1.29, 1.82) is 0 Å². The summed E-state index contributed by atoms with van der Waals surface area (Å²) in [7, 11) is 0. The van der Waals surface area contributed by atoms with Gasteiger partial charge in [-0.25, -0.2) is 0 Å². The van der Waals surface area contributed by atoms with E-state index in [4.69, 9.17) is 9.47 Å². The zero-order valence-electron chi connectivity index (χ0n) is 10.1. The van der Waals surface area contributed by atoms with Crippen molar-refractivity contribution in [2.45, 2.75) is 12.2 Å². The number of phenolic OH excluding ortho intramolecular Hbond substituents is 1. The third-order valence-corrected chi connectivity index (χ3v) is 2.99. The predicted octanol–water partition coefficient (Wildman–Crippen LogP) is 1.66. The highest BCUT2D eigenvalue weighted by Gasteiger charge is 2.31. The number of fused-ring (bicyclic) bond motifs is 1. The normalized spacial score (nSPS) is 21.3. The van der Waals surface area contributed by atoms with Crippen LogP contribution >= 0.6 is 0 Å². The first-order valence-electron chi connectivity index (χ1n) is 5.94. The average molecular weight is 259 g/mol. The lowest BCUT2D eigenvalue weighted by Crippen LogP contribution is -2.35. The van der Waals surface area contributed by atoms with E-state index in [9.17, 15) is 10.2 Å². The van der Waals surface area contributed by atoms with E-state index in [1.54, 1.807) is 30.6 Å². The summed E-state index contributed by atoms with van der Waals surface area (Å²) in [6.07, 6.45) is 1.93. The van der Waals surface area contributed by atoms with Gasteiger partial charge in [0, 0.05) is 17.8 Å². The molecule has 0 radical (unpaired) electrons. The second kappa shape index (κ2) is 4.78.